The Morgan fingerprint density at radius 2 is 1.88 bits per heavy atom. The minimum absolute atomic E-state index is 0.00664. The molecule has 1 aliphatic rings. The standard InChI is InChI=1S/C24H17Cl2FN2O4/c1-33-23-16(10-13(25)11-17(23)26)21(30)19-20(15-7-2-3-8-18(15)27)29(24(32)22(19)31)12-14-6-4-5-9-28-14/h2-11,20,30H,12H2,1H3/b21-19+. The Labute approximate surface area is 198 Å². The maximum absolute atomic E-state index is 14.9. The van der Waals surface area contributed by atoms with Crippen molar-refractivity contribution >= 4 is 40.7 Å². The zero-order chi connectivity index (χ0) is 23.7. The third-order valence-corrected chi connectivity index (χ3v) is 5.76. The number of likely N-dealkylation sites (tertiary alicyclic amines) is 1. The number of hydrogen-bond donors (Lipinski definition) is 1. The van der Waals surface area contributed by atoms with E-state index in [9.17, 15) is 19.1 Å². The molecule has 0 saturated carbocycles. The molecule has 9 heteroatoms. The number of hydrogen-bond acceptors (Lipinski definition) is 5. The highest BCUT2D eigenvalue weighted by Gasteiger charge is 2.47. The molecule has 1 unspecified atom stereocenters. The van der Waals surface area contributed by atoms with Gasteiger partial charge in [-0.1, -0.05) is 47.5 Å². The molecule has 1 aliphatic heterocycles. The fraction of sp³-hybridized carbons (Fsp3) is 0.125. The summed E-state index contributed by atoms with van der Waals surface area (Å²) in [7, 11) is 1.33. The molecule has 168 valence electrons. The average molecular weight is 487 g/mol. The van der Waals surface area contributed by atoms with Gasteiger partial charge in [0.25, 0.3) is 11.7 Å². The average Bonchev–Trinajstić information content (AvgIpc) is 3.04. The Morgan fingerprint density at radius 1 is 1.15 bits per heavy atom. The fourth-order valence-electron chi connectivity index (χ4n) is 3.82. The van der Waals surface area contributed by atoms with E-state index >= 15 is 0 Å². The molecule has 1 fully saturated rings. The summed E-state index contributed by atoms with van der Waals surface area (Å²) in [5.41, 5.74) is 0.232. The molecule has 2 heterocycles. The van der Waals surface area contributed by atoms with Crippen LogP contribution in [0.4, 0.5) is 4.39 Å². The van der Waals surface area contributed by atoms with Crippen molar-refractivity contribution in [1.29, 1.82) is 0 Å². The van der Waals surface area contributed by atoms with Crippen molar-refractivity contribution in [3.8, 4) is 5.75 Å². The SMILES string of the molecule is COc1c(Cl)cc(Cl)cc1/C(O)=C1\C(=O)C(=O)N(Cc2ccccn2)C1c1ccccc1F. The summed E-state index contributed by atoms with van der Waals surface area (Å²) in [6.45, 7) is -0.0748. The summed E-state index contributed by atoms with van der Waals surface area (Å²) in [5.74, 6) is -3.04. The maximum Gasteiger partial charge on any atom is 0.296 e. The number of amides is 1. The number of ketones is 1. The molecule has 1 aromatic heterocycles. The van der Waals surface area contributed by atoms with E-state index in [-0.39, 0.29) is 39.0 Å². The summed E-state index contributed by atoms with van der Waals surface area (Å²) >= 11 is 12.3. The molecule has 1 saturated heterocycles. The first-order chi connectivity index (χ1) is 15.8. The smallest absolute Gasteiger partial charge is 0.296 e. The maximum atomic E-state index is 14.9. The van der Waals surface area contributed by atoms with Gasteiger partial charge in [0, 0.05) is 16.8 Å². The summed E-state index contributed by atoms with van der Waals surface area (Å²) in [6, 6.07) is 12.4. The van der Waals surface area contributed by atoms with Crippen LogP contribution in [0, 0.1) is 5.82 Å². The number of carbonyl (C=O) groups excluding carboxylic acids is 2. The second-order valence-corrected chi connectivity index (χ2v) is 8.08. The topological polar surface area (TPSA) is 79.7 Å². The highest BCUT2D eigenvalue weighted by atomic mass is 35.5. The van der Waals surface area contributed by atoms with Crippen LogP contribution in [0.15, 0.2) is 66.4 Å². The summed E-state index contributed by atoms with van der Waals surface area (Å²) in [4.78, 5) is 31.5. The van der Waals surface area contributed by atoms with Gasteiger partial charge in [-0.25, -0.2) is 4.39 Å². The van der Waals surface area contributed by atoms with Crippen LogP contribution in [0.1, 0.15) is 22.9 Å². The van der Waals surface area contributed by atoms with Gasteiger partial charge in [-0.15, -0.1) is 0 Å². The predicted octanol–water partition coefficient (Wildman–Crippen LogP) is 5.16. The highest BCUT2D eigenvalue weighted by molar-refractivity contribution is 6.46. The number of Topliss-reactive ketones (excluding diaryl/α,β-unsaturated/α-hetero) is 1. The Balaban J connectivity index is 1.95. The second kappa shape index (κ2) is 9.21. The number of aliphatic hydroxyl groups is 1. The Morgan fingerprint density at radius 3 is 2.55 bits per heavy atom. The van der Waals surface area contributed by atoms with Crippen molar-refractivity contribution < 1.29 is 23.8 Å². The van der Waals surface area contributed by atoms with Gasteiger partial charge >= 0.3 is 0 Å². The van der Waals surface area contributed by atoms with Gasteiger partial charge in [0.2, 0.25) is 0 Å². The highest BCUT2D eigenvalue weighted by Crippen LogP contribution is 2.44. The molecular formula is C24H17Cl2FN2O4. The molecule has 3 aromatic rings. The Bertz CT molecular complexity index is 1280. The zero-order valence-electron chi connectivity index (χ0n) is 17.3. The number of aromatic nitrogens is 1. The van der Waals surface area contributed by atoms with Crippen molar-refractivity contribution in [2.45, 2.75) is 12.6 Å². The monoisotopic (exact) mass is 486 g/mol. The van der Waals surface area contributed by atoms with Crippen LogP contribution in [0.3, 0.4) is 0 Å². The van der Waals surface area contributed by atoms with E-state index in [1.807, 2.05) is 0 Å². The lowest BCUT2D eigenvalue weighted by molar-refractivity contribution is -0.140. The van der Waals surface area contributed by atoms with Crippen molar-refractivity contribution in [3.05, 3.63) is 99.1 Å². The zero-order valence-corrected chi connectivity index (χ0v) is 18.8. The molecule has 0 bridgehead atoms. The summed E-state index contributed by atoms with van der Waals surface area (Å²) < 4.78 is 20.2. The first-order valence-corrected chi connectivity index (χ1v) is 10.5. The van der Waals surface area contributed by atoms with Gasteiger partial charge in [-0.05, 0) is 30.3 Å². The number of halogens is 3. The predicted molar refractivity (Wildman–Crippen MR) is 121 cm³/mol. The number of rotatable bonds is 5. The van der Waals surface area contributed by atoms with Crippen molar-refractivity contribution in [2.75, 3.05) is 7.11 Å². The molecule has 1 atom stereocenters. The van der Waals surface area contributed by atoms with E-state index in [1.54, 1.807) is 30.5 Å². The third-order valence-electron chi connectivity index (χ3n) is 5.27. The first-order valence-electron chi connectivity index (χ1n) is 9.79. The molecular weight excluding hydrogens is 470 g/mol. The number of benzene rings is 2. The number of carbonyl (C=O) groups is 2. The second-order valence-electron chi connectivity index (χ2n) is 7.24. The molecule has 6 nitrogen and oxygen atoms in total. The summed E-state index contributed by atoms with van der Waals surface area (Å²) in [5, 5.41) is 11.5. The van der Waals surface area contributed by atoms with Crippen LogP contribution >= 0.6 is 23.2 Å². The minimum Gasteiger partial charge on any atom is -0.507 e. The van der Waals surface area contributed by atoms with E-state index in [2.05, 4.69) is 4.98 Å². The number of ether oxygens (including phenoxy) is 1. The molecule has 33 heavy (non-hydrogen) atoms. The Kier molecular flexibility index (Phi) is 6.35. The van der Waals surface area contributed by atoms with Crippen LogP contribution in [0.5, 0.6) is 5.75 Å². The minimum atomic E-state index is -1.21. The number of pyridine rings is 1. The van der Waals surface area contributed by atoms with E-state index in [0.717, 1.165) is 0 Å². The van der Waals surface area contributed by atoms with E-state index in [0.29, 0.717) is 5.69 Å². The van der Waals surface area contributed by atoms with Crippen LogP contribution in [0.25, 0.3) is 5.76 Å². The molecule has 0 aliphatic carbocycles. The normalized spacial score (nSPS) is 17.5. The third kappa shape index (κ3) is 4.17. The molecule has 4 rings (SSSR count). The fourth-order valence-corrected chi connectivity index (χ4v) is 4.39. The lowest BCUT2D eigenvalue weighted by atomic mass is 9.94. The van der Waals surface area contributed by atoms with Gasteiger partial charge in [0.05, 0.1) is 41.5 Å². The van der Waals surface area contributed by atoms with Crippen LogP contribution in [-0.2, 0) is 16.1 Å². The van der Waals surface area contributed by atoms with Crippen molar-refractivity contribution in [2.24, 2.45) is 0 Å². The quantitative estimate of drug-likeness (QED) is 0.306. The number of nitrogens with zero attached hydrogens (tertiary/aromatic N) is 2. The molecule has 0 spiro atoms. The van der Waals surface area contributed by atoms with Gasteiger partial charge in [0.1, 0.15) is 17.3 Å². The lowest BCUT2D eigenvalue weighted by Gasteiger charge is -2.25. The van der Waals surface area contributed by atoms with Crippen molar-refractivity contribution in [1.82, 2.24) is 9.88 Å². The molecule has 0 radical (unpaired) electrons. The van der Waals surface area contributed by atoms with Gasteiger partial charge in [0.15, 0.2) is 0 Å². The lowest BCUT2D eigenvalue weighted by Crippen LogP contribution is -2.30. The summed E-state index contributed by atoms with van der Waals surface area (Å²) in [6.07, 6.45) is 1.54. The van der Waals surface area contributed by atoms with Gasteiger partial charge < -0.3 is 14.7 Å². The van der Waals surface area contributed by atoms with Crippen LogP contribution in [-0.4, -0.2) is 33.8 Å². The van der Waals surface area contributed by atoms with Gasteiger partial charge in [-0.2, -0.15) is 0 Å². The number of methoxy groups -OCH3 is 1. The van der Waals surface area contributed by atoms with E-state index in [1.165, 1.54) is 42.3 Å². The Hall–Kier alpha value is -3.42. The first kappa shape index (κ1) is 22.8. The number of aliphatic hydroxyl groups excluding tert-OH is 1. The molecule has 1 amide bonds. The van der Waals surface area contributed by atoms with E-state index in [4.69, 9.17) is 27.9 Å². The van der Waals surface area contributed by atoms with E-state index < -0.39 is 29.3 Å². The molecule has 1 N–H and O–H groups in total. The van der Waals surface area contributed by atoms with Gasteiger partial charge in [-0.3, -0.25) is 14.6 Å². The largest absolute Gasteiger partial charge is 0.507 e. The van der Waals surface area contributed by atoms with Crippen LogP contribution < -0.4 is 4.74 Å². The van der Waals surface area contributed by atoms with Crippen molar-refractivity contribution in [3.63, 3.8) is 0 Å². The molecule has 2 aromatic carbocycles. The van der Waals surface area contributed by atoms with Crippen LogP contribution in [0.2, 0.25) is 10.0 Å².